The van der Waals surface area contributed by atoms with Gasteiger partial charge in [0.1, 0.15) is 11.6 Å². The molecule has 2 amide bonds. The summed E-state index contributed by atoms with van der Waals surface area (Å²) in [6, 6.07) is 16.5. The number of carbonyl (C=O) groups is 2. The Kier molecular flexibility index (Phi) is 7.04. The number of H-pyrrole nitrogens is 1. The molecule has 2 aromatic carbocycles. The molecule has 2 aliphatic heterocycles. The Morgan fingerprint density at radius 2 is 1.86 bits per heavy atom. The van der Waals surface area contributed by atoms with Crippen LogP contribution in [-0.4, -0.2) is 76.3 Å². The fourth-order valence-corrected chi connectivity index (χ4v) is 4.55. The number of piperidine rings is 1. The molecule has 182 valence electrons. The fraction of sp³-hybridized carbons (Fsp3) is 0.385. The molecule has 35 heavy (non-hydrogen) atoms. The summed E-state index contributed by atoms with van der Waals surface area (Å²) in [5.41, 5.74) is 1.36. The van der Waals surface area contributed by atoms with E-state index in [0.717, 1.165) is 24.8 Å². The number of likely N-dealkylation sites (tertiary alicyclic amines) is 1. The lowest BCUT2D eigenvalue weighted by Gasteiger charge is -2.34. The van der Waals surface area contributed by atoms with E-state index in [1.807, 2.05) is 59.5 Å². The van der Waals surface area contributed by atoms with Crippen molar-refractivity contribution in [3.8, 4) is 17.1 Å². The summed E-state index contributed by atoms with van der Waals surface area (Å²) in [5.74, 6) is 1.73. The van der Waals surface area contributed by atoms with Gasteiger partial charge in [-0.3, -0.25) is 14.7 Å². The third-order valence-corrected chi connectivity index (χ3v) is 6.41. The van der Waals surface area contributed by atoms with E-state index in [9.17, 15) is 9.59 Å². The van der Waals surface area contributed by atoms with Gasteiger partial charge in [0.05, 0.1) is 19.3 Å². The van der Waals surface area contributed by atoms with Gasteiger partial charge in [-0.1, -0.05) is 30.3 Å². The van der Waals surface area contributed by atoms with Gasteiger partial charge in [-0.25, -0.2) is 4.98 Å². The van der Waals surface area contributed by atoms with Crippen molar-refractivity contribution in [2.75, 3.05) is 39.5 Å². The molecular formula is C26H29N5O4. The standard InChI is InChI=1S/C26H29N5O4/c32-23(18-35-21-9-2-1-3-10-21)31-12-5-4-11-22(31)25-27-24(28-29-25)19-7-6-8-20(17-19)26(33)30-13-15-34-16-14-30/h1-3,6-10,17,22H,4-5,11-16,18H2,(H,27,28,29). The predicted octanol–water partition coefficient (Wildman–Crippen LogP) is 3.08. The molecule has 0 bridgehead atoms. The van der Waals surface area contributed by atoms with E-state index in [0.29, 0.717) is 55.8 Å². The van der Waals surface area contributed by atoms with Crippen LogP contribution in [-0.2, 0) is 9.53 Å². The van der Waals surface area contributed by atoms with Crippen LogP contribution >= 0.6 is 0 Å². The molecule has 2 saturated heterocycles. The number of aromatic amines is 1. The maximum atomic E-state index is 13.0. The number of nitrogens with zero attached hydrogens (tertiary/aromatic N) is 4. The molecule has 2 fully saturated rings. The van der Waals surface area contributed by atoms with Gasteiger partial charge in [-0.15, -0.1) is 0 Å². The Bertz CT molecular complexity index is 1160. The number of para-hydroxylation sites is 1. The van der Waals surface area contributed by atoms with Crippen LogP contribution < -0.4 is 4.74 Å². The Morgan fingerprint density at radius 1 is 1.03 bits per heavy atom. The number of morpholine rings is 1. The second-order valence-electron chi connectivity index (χ2n) is 8.73. The summed E-state index contributed by atoms with van der Waals surface area (Å²) in [5, 5.41) is 7.45. The van der Waals surface area contributed by atoms with E-state index in [1.165, 1.54) is 0 Å². The minimum Gasteiger partial charge on any atom is -0.484 e. The van der Waals surface area contributed by atoms with Gasteiger partial charge in [0, 0.05) is 30.8 Å². The lowest BCUT2D eigenvalue weighted by Crippen LogP contribution is -2.41. The number of rotatable bonds is 6. The predicted molar refractivity (Wildman–Crippen MR) is 129 cm³/mol. The maximum absolute atomic E-state index is 13.0. The quantitative estimate of drug-likeness (QED) is 0.588. The monoisotopic (exact) mass is 475 g/mol. The lowest BCUT2D eigenvalue weighted by atomic mass is 10.0. The highest BCUT2D eigenvalue weighted by Gasteiger charge is 2.31. The molecule has 0 saturated carbocycles. The van der Waals surface area contributed by atoms with Crippen LogP contribution in [0.4, 0.5) is 0 Å². The highest BCUT2D eigenvalue weighted by atomic mass is 16.5. The Labute approximate surface area is 204 Å². The molecule has 2 aliphatic rings. The van der Waals surface area contributed by atoms with Crippen molar-refractivity contribution in [2.24, 2.45) is 0 Å². The zero-order chi connectivity index (χ0) is 24.0. The summed E-state index contributed by atoms with van der Waals surface area (Å²) in [7, 11) is 0. The first-order valence-electron chi connectivity index (χ1n) is 12.1. The Morgan fingerprint density at radius 3 is 2.69 bits per heavy atom. The van der Waals surface area contributed by atoms with Crippen molar-refractivity contribution >= 4 is 11.8 Å². The number of carbonyl (C=O) groups excluding carboxylic acids is 2. The van der Waals surface area contributed by atoms with Crippen LogP contribution in [0.2, 0.25) is 0 Å². The van der Waals surface area contributed by atoms with Crippen molar-refractivity contribution < 1.29 is 19.1 Å². The second-order valence-corrected chi connectivity index (χ2v) is 8.73. The van der Waals surface area contributed by atoms with E-state index in [4.69, 9.17) is 14.5 Å². The summed E-state index contributed by atoms with van der Waals surface area (Å²) in [4.78, 5) is 34.2. The minimum atomic E-state index is -0.185. The third-order valence-electron chi connectivity index (χ3n) is 6.41. The van der Waals surface area contributed by atoms with Crippen LogP contribution in [0.1, 0.15) is 41.5 Å². The van der Waals surface area contributed by atoms with Crippen LogP contribution in [0, 0.1) is 0 Å². The van der Waals surface area contributed by atoms with Crippen molar-refractivity contribution in [3.63, 3.8) is 0 Å². The van der Waals surface area contributed by atoms with E-state index in [-0.39, 0.29) is 24.5 Å². The molecule has 9 nitrogen and oxygen atoms in total. The van der Waals surface area contributed by atoms with Crippen LogP contribution in [0.3, 0.4) is 0 Å². The molecule has 1 N–H and O–H groups in total. The van der Waals surface area contributed by atoms with Crippen molar-refractivity contribution in [3.05, 3.63) is 66.0 Å². The zero-order valence-corrected chi connectivity index (χ0v) is 19.6. The average Bonchev–Trinajstić information content (AvgIpc) is 3.43. The van der Waals surface area contributed by atoms with E-state index in [1.54, 1.807) is 4.90 Å². The molecule has 3 aromatic rings. The molecule has 3 heterocycles. The average molecular weight is 476 g/mol. The maximum Gasteiger partial charge on any atom is 0.261 e. The molecule has 1 atom stereocenters. The Balaban J connectivity index is 1.29. The van der Waals surface area contributed by atoms with Crippen LogP contribution in [0.25, 0.3) is 11.4 Å². The van der Waals surface area contributed by atoms with Crippen LogP contribution in [0.5, 0.6) is 5.75 Å². The van der Waals surface area contributed by atoms with Crippen molar-refractivity contribution in [2.45, 2.75) is 25.3 Å². The van der Waals surface area contributed by atoms with Gasteiger partial charge in [-0.05, 0) is 43.5 Å². The van der Waals surface area contributed by atoms with Gasteiger partial charge in [-0.2, -0.15) is 5.10 Å². The first-order valence-corrected chi connectivity index (χ1v) is 12.1. The molecule has 0 radical (unpaired) electrons. The summed E-state index contributed by atoms with van der Waals surface area (Å²) in [6.07, 6.45) is 2.76. The van der Waals surface area contributed by atoms with E-state index < -0.39 is 0 Å². The number of nitrogens with one attached hydrogen (secondary N) is 1. The molecule has 5 rings (SSSR count). The summed E-state index contributed by atoms with van der Waals surface area (Å²) in [6.45, 7) is 2.93. The SMILES string of the molecule is O=C(c1cccc(-c2n[nH]c(C3CCCCN3C(=O)COc3ccccc3)n2)c1)N1CCOCC1. The topological polar surface area (TPSA) is 101 Å². The zero-order valence-electron chi connectivity index (χ0n) is 19.6. The van der Waals surface area contributed by atoms with Crippen molar-refractivity contribution in [1.29, 1.82) is 0 Å². The molecule has 1 unspecified atom stereocenters. The highest BCUT2D eigenvalue weighted by molar-refractivity contribution is 5.95. The Hall–Kier alpha value is -3.72. The fourth-order valence-electron chi connectivity index (χ4n) is 4.55. The number of hydrogen-bond donors (Lipinski definition) is 1. The minimum absolute atomic E-state index is 0.0200. The van der Waals surface area contributed by atoms with Gasteiger partial charge in [0.2, 0.25) is 0 Å². The molecule has 1 aromatic heterocycles. The highest BCUT2D eigenvalue weighted by Crippen LogP contribution is 2.30. The van der Waals surface area contributed by atoms with Gasteiger partial charge in [0.25, 0.3) is 11.8 Å². The van der Waals surface area contributed by atoms with Gasteiger partial charge < -0.3 is 19.3 Å². The lowest BCUT2D eigenvalue weighted by molar-refractivity contribution is -0.137. The number of amides is 2. The molecular weight excluding hydrogens is 446 g/mol. The number of hydrogen-bond acceptors (Lipinski definition) is 6. The second kappa shape index (κ2) is 10.7. The molecule has 9 heteroatoms. The smallest absolute Gasteiger partial charge is 0.261 e. The first kappa shape index (κ1) is 23.0. The van der Waals surface area contributed by atoms with Crippen LogP contribution in [0.15, 0.2) is 54.6 Å². The number of ether oxygens (including phenoxy) is 2. The third kappa shape index (κ3) is 5.35. The molecule has 0 spiro atoms. The van der Waals surface area contributed by atoms with Gasteiger partial charge in [0.15, 0.2) is 12.4 Å². The summed E-state index contributed by atoms with van der Waals surface area (Å²) >= 11 is 0. The first-order chi connectivity index (χ1) is 17.2. The van der Waals surface area contributed by atoms with Crippen molar-refractivity contribution in [1.82, 2.24) is 25.0 Å². The molecule has 0 aliphatic carbocycles. The van der Waals surface area contributed by atoms with E-state index in [2.05, 4.69) is 10.2 Å². The van der Waals surface area contributed by atoms with Gasteiger partial charge >= 0.3 is 0 Å². The number of benzene rings is 2. The summed E-state index contributed by atoms with van der Waals surface area (Å²) < 4.78 is 11.0. The largest absolute Gasteiger partial charge is 0.484 e. The number of aromatic nitrogens is 3. The normalized spacial score (nSPS) is 18.3. The van der Waals surface area contributed by atoms with E-state index >= 15 is 0 Å².